The van der Waals surface area contributed by atoms with Gasteiger partial charge in [0.2, 0.25) is 0 Å². The van der Waals surface area contributed by atoms with Gasteiger partial charge in [0, 0.05) is 13.1 Å². The zero-order chi connectivity index (χ0) is 14.1. The van der Waals surface area contributed by atoms with E-state index in [4.69, 9.17) is 9.84 Å². The molecule has 106 valence electrons. The maximum Gasteiger partial charge on any atom is 0.314 e. The molecule has 19 heavy (non-hydrogen) atoms. The van der Waals surface area contributed by atoms with Gasteiger partial charge in [-0.2, -0.15) is 0 Å². The van der Waals surface area contributed by atoms with E-state index in [9.17, 15) is 4.79 Å². The fourth-order valence-electron chi connectivity index (χ4n) is 1.61. The fraction of sp³-hybridized carbons (Fsp3) is 0.500. The number of benzene rings is 1. The summed E-state index contributed by atoms with van der Waals surface area (Å²) in [5.74, 6) is 0.818. The topological polar surface area (TPSA) is 70.6 Å². The van der Waals surface area contributed by atoms with Gasteiger partial charge in [0.1, 0.15) is 5.75 Å². The van der Waals surface area contributed by atoms with Crippen molar-refractivity contribution in [1.82, 2.24) is 10.6 Å². The predicted molar refractivity (Wildman–Crippen MR) is 74.4 cm³/mol. The molecule has 0 saturated heterocycles. The first-order valence-electron chi connectivity index (χ1n) is 6.44. The molecule has 0 aliphatic rings. The molecule has 0 spiro atoms. The van der Waals surface area contributed by atoms with Crippen LogP contribution in [0.15, 0.2) is 24.3 Å². The minimum absolute atomic E-state index is 0.205. The predicted octanol–water partition coefficient (Wildman–Crippen LogP) is 1.31. The lowest BCUT2D eigenvalue weighted by molar-refractivity contribution is 0.183. The number of rotatable bonds is 7. The van der Waals surface area contributed by atoms with Crippen molar-refractivity contribution in [3.8, 4) is 5.75 Å². The van der Waals surface area contributed by atoms with E-state index in [-0.39, 0.29) is 6.03 Å². The molecule has 0 saturated carbocycles. The summed E-state index contributed by atoms with van der Waals surface area (Å²) in [4.78, 5) is 11.4. The van der Waals surface area contributed by atoms with Crippen LogP contribution in [-0.4, -0.2) is 37.4 Å². The van der Waals surface area contributed by atoms with Gasteiger partial charge < -0.3 is 20.5 Å². The van der Waals surface area contributed by atoms with E-state index < -0.39 is 6.10 Å². The summed E-state index contributed by atoms with van der Waals surface area (Å²) in [6, 6.07) is 7.56. The van der Waals surface area contributed by atoms with Crippen LogP contribution in [0.1, 0.15) is 18.9 Å². The summed E-state index contributed by atoms with van der Waals surface area (Å²) in [5, 5.41) is 14.5. The van der Waals surface area contributed by atoms with Gasteiger partial charge in [0.25, 0.3) is 0 Å². The highest BCUT2D eigenvalue weighted by molar-refractivity contribution is 5.73. The van der Waals surface area contributed by atoms with Gasteiger partial charge in [-0.05, 0) is 37.5 Å². The monoisotopic (exact) mass is 266 g/mol. The van der Waals surface area contributed by atoms with Gasteiger partial charge in [-0.3, -0.25) is 0 Å². The molecule has 1 atom stereocenters. The molecule has 1 rings (SSSR count). The first-order chi connectivity index (χ1) is 9.11. The number of amides is 2. The summed E-state index contributed by atoms with van der Waals surface area (Å²) < 4.78 is 5.13. The van der Waals surface area contributed by atoms with Crippen molar-refractivity contribution in [2.75, 3.05) is 20.2 Å². The largest absolute Gasteiger partial charge is 0.497 e. The number of nitrogens with one attached hydrogen (secondary N) is 2. The van der Waals surface area contributed by atoms with Gasteiger partial charge in [-0.15, -0.1) is 0 Å². The van der Waals surface area contributed by atoms with E-state index in [1.165, 1.54) is 0 Å². The van der Waals surface area contributed by atoms with E-state index in [1.54, 1.807) is 14.0 Å². The molecule has 1 unspecified atom stereocenters. The summed E-state index contributed by atoms with van der Waals surface area (Å²) >= 11 is 0. The van der Waals surface area contributed by atoms with Crippen molar-refractivity contribution in [2.24, 2.45) is 0 Å². The van der Waals surface area contributed by atoms with Crippen LogP contribution >= 0.6 is 0 Å². The minimum Gasteiger partial charge on any atom is -0.497 e. The molecule has 2 amide bonds. The number of hydrogen-bond donors (Lipinski definition) is 3. The lowest BCUT2D eigenvalue weighted by atomic mass is 10.1. The number of urea groups is 1. The first kappa shape index (κ1) is 15.3. The second-order valence-electron chi connectivity index (χ2n) is 4.42. The van der Waals surface area contributed by atoms with Crippen molar-refractivity contribution in [3.05, 3.63) is 29.8 Å². The molecule has 0 aliphatic carbocycles. The molecule has 0 radical (unpaired) electrons. The van der Waals surface area contributed by atoms with E-state index in [1.807, 2.05) is 24.3 Å². The van der Waals surface area contributed by atoms with Crippen LogP contribution in [0, 0.1) is 0 Å². The minimum atomic E-state index is -0.392. The fourth-order valence-corrected chi connectivity index (χ4v) is 1.61. The van der Waals surface area contributed by atoms with Crippen molar-refractivity contribution < 1.29 is 14.6 Å². The number of methoxy groups -OCH3 is 1. The average molecular weight is 266 g/mol. The van der Waals surface area contributed by atoms with Gasteiger partial charge in [-0.25, -0.2) is 4.79 Å². The zero-order valence-electron chi connectivity index (χ0n) is 11.5. The molecule has 1 aromatic carbocycles. The molecule has 5 heteroatoms. The van der Waals surface area contributed by atoms with Crippen LogP contribution < -0.4 is 15.4 Å². The molecule has 3 N–H and O–H groups in total. The molecule has 0 bridgehead atoms. The molecular weight excluding hydrogens is 244 g/mol. The lowest BCUT2D eigenvalue weighted by Crippen LogP contribution is -2.37. The van der Waals surface area contributed by atoms with E-state index in [2.05, 4.69) is 10.6 Å². The molecule has 0 heterocycles. The number of carbonyl (C=O) groups excluding carboxylic acids is 1. The van der Waals surface area contributed by atoms with Crippen LogP contribution in [0.3, 0.4) is 0 Å². The number of carbonyl (C=O) groups is 1. The standard InChI is InChI=1S/C14H22N2O3/c1-11(17)6-8-15-14(18)16-9-7-12-4-3-5-13(10-12)19-2/h3-5,10-11,17H,6-9H2,1-2H3,(H2,15,16,18). The molecule has 5 nitrogen and oxygen atoms in total. The van der Waals surface area contributed by atoms with Crippen LogP contribution in [0.25, 0.3) is 0 Å². The van der Waals surface area contributed by atoms with Crippen LogP contribution in [0.5, 0.6) is 5.75 Å². The maximum absolute atomic E-state index is 11.4. The second kappa shape index (κ2) is 8.37. The highest BCUT2D eigenvalue weighted by atomic mass is 16.5. The lowest BCUT2D eigenvalue weighted by Gasteiger charge is -2.09. The number of hydrogen-bond acceptors (Lipinski definition) is 3. The SMILES string of the molecule is COc1cccc(CCNC(=O)NCCC(C)O)c1. The summed E-state index contributed by atoms with van der Waals surface area (Å²) in [7, 11) is 1.63. The Bertz CT molecular complexity index is 394. The molecule has 0 aliphatic heterocycles. The third kappa shape index (κ3) is 6.67. The summed E-state index contributed by atoms with van der Waals surface area (Å²) in [6.45, 7) is 2.73. The quantitative estimate of drug-likeness (QED) is 0.697. The molecule has 0 aromatic heterocycles. The van der Waals surface area contributed by atoms with E-state index in [0.29, 0.717) is 19.5 Å². The molecule has 1 aromatic rings. The Hall–Kier alpha value is -1.75. The molecular formula is C14H22N2O3. The number of ether oxygens (including phenoxy) is 1. The highest BCUT2D eigenvalue weighted by Gasteiger charge is 2.01. The van der Waals surface area contributed by atoms with E-state index in [0.717, 1.165) is 17.7 Å². The highest BCUT2D eigenvalue weighted by Crippen LogP contribution is 2.12. The molecule has 0 fully saturated rings. The Morgan fingerprint density at radius 2 is 2.11 bits per heavy atom. The van der Waals surface area contributed by atoms with Crippen LogP contribution in [-0.2, 0) is 6.42 Å². The van der Waals surface area contributed by atoms with E-state index >= 15 is 0 Å². The normalized spacial score (nSPS) is 11.7. The smallest absolute Gasteiger partial charge is 0.314 e. The zero-order valence-corrected chi connectivity index (χ0v) is 11.5. The van der Waals surface area contributed by atoms with Crippen molar-refractivity contribution in [2.45, 2.75) is 25.9 Å². The summed E-state index contributed by atoms with van der Waals surface area (Å²) in [5.41, 5.74) is 1.11. The van der Waals surface area contributed by atoms with Crippen LogP contribution in [0.4, 0.5) is 4.79 Å². The van der Waals surface area contributed by atoms with Crippen LogP contribution in [0.2, 0.25) is 0 Å². The van der Waals surface area contributed by atoms with Crippen molar-refractivity contribution >= 4 is 6.03 Å². The Labute approximate surface area is 114 Å². The van der Waals surface area contributed by atoms with Crippen molar-refractivity contribution in [1.29, 1.82) is 0 Å². The maximum atomic E-state index is 11.4. The Balaban J connectivity index is 2.20. The third-order valence-corrected chi connectivity index (χ3v) is 2.68. The van der Waals surface area contributed by atoms with Gasteiger partial charge in [0.05, 0.1) is 13.2 Å². The number of aliphatic hydroxyl groups excluding tert-OH is 1. The second-order valence-corrected chi connectivity index (χ2v) is 4.42. The first-order valence-corrected chi connectivity index (χ1v) is 6.44. The van der Waals surface area contributed by atoms with Gasteiger partial charge in [-0.1, -0.05) is 12.1 Å². The van der Waals surface area contributed by atoms with Gasteiger partial charge >= 0.3 is 6.03 Å². The van der Waals surface area contributed by atoms with Crippen molar-refractivity contribution in [3.63, 3.8) is 0 Å². The summed E-state index contributed by atoms with van der Waals surface area (Å²) in [6.07, 6.45) is 0.918. The van der Waals surface area contributed by atoms with Gasteiger partial charge in [0.15, 0.2) is 0 Å². The Kier molecular flexibility index (Phi) is 6.74. The third-order valence-electron chi connectivity index (χ3n) is 2.68. The Morgan fingerprint density at radius 1 is 1.37 bits per heavy atom. The average Bonchev–Trinajstić information content (AvgIpc) is 2.38. The Morgan fingerprint density at radius 3 is 2.79 bits per heavy atom. The number of aliphatic hydroxyl groups is 1.